The van der Waals surface area contributed by atoms with E-state index < -0.39 is 16.6 Å². The lowest BCUT2D eigenvalue weighted by Gasteiger charge is -1.86. The summed E-state index contributed by atoms with van der Waals surface area (Å²) in [4.78, 5) is 8.69. The second kappa shape index (κ2) is 2.15. The third kappa shape index (κ3) is 1.46. The van der Waals surface area contributed by atoms with Crippen LogP contribution in [0.25, 0.3) is 0 Å². The molecule has 5 heteroatoms. The number of aliphatic hydroxyl groups excluding tert-OH is 1. The Balaban J connectivity index is 4.23. The van der Waals surface area contributed by atoms with Crippen molar-refractivity contribution in [3.8, 4) is 0 Å². The molecular weight excluding hydrogens is 114 g/mol. The average Bonchev–Trinajstić information content (AvgIpc) is 1.64. The van der Waals surface area contributed by atoms with Gasteiger partial charge in [0.2, 0.25) is 0 Å². The van der Waals surface area contributed by atoms with Gasteiger partial charge in [0.15, 0.2) is 0 Å². The quantitative estimate of drug-likeness (QED) is 0.300. The molecule has 0 aliphatic carbocycles. The van der Waals surface area contributed by atoms with E-state index in [-0.39, 0.29) is 0 Å². The van der Waals surface area contributed by atoms with E-state index in [9.17, 15) is 10.1 Å². The SMILES string of the molecule is CC(=C(O)O)[N+](=O)[O-]. The summed E-state index contributed by atoms with van der Waals surface area (Å²) in [5, 5.41) is 25.5. The molecule has 0 unspecified atom stereocenters. The van der Waals surface area contributed by atoms with Gasteiger partial charge in [-0.2, -0.15) is 0 Å². The van der Waals surface area contributed by atoms with Gasteiger partial charge in [0, 0.05) is 6.92 Å². The lowest BCUT2D eigenvalue weighted by atomic mass is 10.6. The van der Waals surface area contributed by atoms with E-state index in [1.807, 2.05) is 0 Å². The Hall–Kier alpha value is -1.26. The molecule has 0 aromatic carbocycles. The van der Waals surface area contributed by atoms with Crippen molar-refractivity contribution in [2.75, 3.05) is 0 Å². The van der Waals surface area contributed by atoms with Gasteiger partial charge in [-0.15, -0.1) is 0 Å². The van der Waals surface area contributed by atoms with Crippen LogP contribution < -0.4 is 0 Å². The zero-order valence-electron chi connectivity index (χ0n) is 4.16. The first-order valence-corrected chi connectivity index (χ1v) is 1.79. The van der Waals surface area contributed by atoms with E-state index in [1.165, 1.54) is 0 Å². The van der Waals surface area contributed by atoms with Crippen molar-refractivity contribution in [3.05, 3.63) is 21.8 Å². The van der Waals surface area contributed by atoms with Crippen molar-refractivity contribution < 1.29 is 15.1 Å². The number of rotatable bonds is 1. The van der Waals surface area contributed by atoms with Crippen LogP contribution in [0.4, 0.5) is 0 Å². The molecule has 0 fully saturated rings. The van der Waals surface area contributed by atoms with Crippen molar-refractivity contribution >= 4 is 0 Å². The van der Waals surface area contributed by atoms with Gasteiger partial charge in [-0.3, -0.25) is 10.1 Å². The third-order valence-electron chi connectivity index (χ3n) is 0.597. The van der Waals surface area contributed by atoms with Crippen molar-refractivity contribution in [2.45, 2.75) is 6.92 Å². The van der Waals surface area contributed by atoms with Gasteiger partial charge in [-0.25, -0.2) is 0 Å². The molecular formula is C3H5NO4. The van der Waals surface area contributed by atoms with Crippen LogP contribution in [0.5, 0.6) is 0 Å². The van der Waals surface area contributed by atoms with Crippen LogP contribution in [0.15, 0.2) is 11.6 Å². The lowest BCUT2D eigenvalue weighted by molar-refractivity contribution is -0.429. The van der Waals surface area contributed by atoms with Crippen LogP contribution >= 0.6 is 0 Å². The fourth-order valence-corrected chi connectivity index (χ4v) is 0.0816. The molecule has 0 rings (SSSR count). The van der Waals surface area contributed by atoms with Gasteiger partial charge in [-0.05, 0) is 0 Å². The first kappa shape index (κ1) is 6.74. The highest BCUT2D eigenvalue weighted by Crippen LogP contribution is 1.95. The minimum absolute atomic E-state index is 0.648. The fraction of sp³-hybridized carbons (Fsp3) is 0.333. The van der Waals surface area contributed by atoms with Gasteiger partial charge < -0.3 is 10.2 Å². The highest BCUT2D eigenvalue weighted by Gasteiger charge is 2.08. The molecule has 0 radical (unpaired) electrons. The molecule has 0 amide bonds. The molecule has 0 atom stereocenters. The predicted molar refractivity (Wildman–Crippen MR) is 25.0 cm³/mol. The number of allylic oxidation sites excluding steroid dienone is 1. The van der Waals surface area contributed by atoms with Crippen molar-refractivity contribution in [1.82, 2.24) is 0 Å². The molecule has 0 aliphatic rings. The molecule has 0 aromatic heterocycles. The van der Waals surface area contributed by atoms with Crippen LogP contribution in [0.1, 0.15) is 6.92 Å². The molecule has 46 valence electrons. The molecule has 0 saturated heterocycles. The standard InChI is InChI=1S/C3H5NO4/c1-2(3(5)6)4(7)8/h5-6H,1H3. The normalized spacial score (nSPS) is 8.12. The molecule has 0 bridgehead atoms. The molecule has 0 spiro atoms. The molecule has 5 nitrogen and oxygen atoms in total. The summed E-state index contributed by atoms with van der Waals surface area (Å²) in [6.45, 7) is 0.995. The van der Waals surface area contributed by atoms with Gasteiger partial charge in [0.1, 0.15) is 0 Å². The molecule has 8 heavy (non-hydrogen) atoms. The zero-order valence-corrected chi connectivity index (χ0v) is 4.16. The monoisotopic (exact) mass is 119 g/mol. The Kier molecular flexibility index (Phi) is 1.81. The topological polar surface area (TPSA) is 83.6 Å². The fourth-order valence-electron chi connectivity index (χ4n) is 0.0816. The number of nitro groups is 1. The minimum atomic E-state index is -1.24. The maximum Gasteiger partial charge on any atom is 0.350 e. The Labute approximate surface area is 45.0 Å². The van der Waals surface area contributed by atoms with Gasteiger partial charge in [0.05, 0.1) is 4.92 Å². The number of hydrogen-bond acceptors (Lipinski definition) is 4. The van der Waals surface area contributed by atoms with Crippen molar-refractivity contribution in [3.63, 3.8) is 0 Å². The maximum absolute atomic E-state index is 9.57. The Bertz CT molecular complexity index is 134. The number of aliphatic hydroxyl groups is 2. The summed E-state index contributed by atoms with van der Waals surface area (Å²) in [5.41, 5.74) is -0.648. The van der Waals surface area contributed by atoms with E-state index in [4.69, 9.17) is 10.2 Å². The highest BCUT2D eigenvalue weighted by atomic mass is 16.6. The average molecular weight is 119 g/mol. The molecule has 2 N–H and O–H groups in total. The third-order valence-corrected chi connectivity index (χ3v) is 0.597. The number of hydrogen-bond donors (Lipinski definition) is 2. The highest BCUT2D eigenvalue weighted by molar-refractivity contribution is 4.84. The first-order chi connectivity index (χ1) is 3.55. The molecule has 0 heterocycles. The summed E-state index contributed by atoms with van der Waals surface area (Å²) in [7, 11) is 0. The van der Waals surface area contributed by atoms with Crippen LogP contribution in [-0.2, 0) is 0 Å². The number of nitrogens with zero attached hydrogens (tertiary/aromatic N) is 1. The molecule has 0 saturated carbocycles. The Morgan fingerprint density at radius 2 is 2.00 bits per heavy atom. The van der Waals surface area contributed by atoms with E-state index in [0.29, 0.717) is 0 Å². The zero-order chi connectivity index (χ0) is 6.73. The Morgan fingerprint density at radius 3 is 2.00 bits per heavy atom. The van der Waals surface area contributed by atoms with E-state index in [0.717, 1.165) is 6.92 Å². The first-order valence-electron chi connectivity index (χ1n) is 1.79. The minimum Gasteiger partial charge on any atom is -0.476 e. The smallest absolute Gasteiger partial charge is 0.350 e. The summed E-state index contributed by atoms with van der Waals surface area (Å²) < 4.78 is 0. The molecule has 0 aliphatic heterocycles. The Morgan fingerprint density at radius 1 is 1.62 bits per heavy atom. The van der Waals surface area contributed by atoms with Crippen LogP contribution in [-0.4, -0.2) is 15.1 Å². The van der Waals surface area contributed by atoms with Gasteiger partial charge in [0.25, 0.3) is 0 Å². The second-order valence-corrected chi connectivity index (χ2v) is 1.17. The van der Waals surface area contributed by atoms with E-state index in [1.54, 1.807) is 0 Å². The van der Waals surface area contributed by atoms with Crippen molar-refractivity contribution in [2.24, 2.45) is 0 Å². The summed E-state index contributed by atoms with van der Waals surface area (Å²) in [6.07, 6.45) is 0. The van der Waals surface area contributed by atoms with Gasteiger partial charge >= 0.3 is 11.6 Å². The summed E-state index contributed by atoms with van der Waals surface area (Å²) in [6, 6.07) is 0. The van der Waals surface area contributed by atoms with E-state index >= 15 is 0 Å². The van der Waals surface area contributed by atoms with Crippen LogP contribution in [0.2, 0.25) is 0 Å². The molecule has 0 aromatic rings. The van der Waals surface area contributed by atoms with Gasteiger partial charge in [-0.1, -0.05) is 0 Å². The maximum atomic E-state index is 9.57. The lowest BCUT2D eigenvalue weighted by Crippen LogP contribution is -1.97. The van der Waals surface area contributed by atoms with E-state index in [2.05, 4.69) is 0 Å². The van der Waals surface area contributed by atoms with Crippen LogP contribution in [0.3, 0.4) is 0 Å². The predicted octanol–water partition coefficient (Wildman–Crippen LogP) is 0.568. The van der Waals surface area contributed by atoms with Crippen molar-refractivity contribution in [1.29, 1.82) is 0 Å². The largest absolute Gasteiger partial charge is 0.476 e. The second-order valence-electron chi connectivity index (χ2n) is 1.17. The summed E-state index contributed by atoms with van der Waals surface area (Å²) >= 11 is 0. The van der Waals surface area contributed by atoms with Crippen LogP contribution in [0, 0.1) is 10.1 Å². The summed E-state index contributed by atoms with van der Waals surface area (Å²) in [5.74, 6) is -1.24.